The summed E-state index contributed by atoms with van der Waals surface area (Å²) in [6.45, 7) is 5.17. The van der Waals surface area contributed by atoms with Crippen LogP contribution in [0.5, 0.6) is 0 Å². The van der Waals surface area contributed by atoms with Crippen molar-refractivity contribution in [2.45, 2.75) is 40.0 Å². The molecule has 11 aromatic rings. The van der Waals surface area contributed by atoms with Crippen molar-refractivity contribution in [1.29, 1.82) is 0 Å². The molecular formula is C56H35GaN10O13S4-3. The quantitative estimate of drug-likeness (QED) is 0.0376. The van der Waals surface area contributed by atoms with E-state index in [2.05, 4.69) is 34.5 Å². The fourth-order valence-corrected chi connectivity index (χ4v) is 16.5. The van der Waals surface area contributed by atoms with Gasteiger partial charge in [-0.1, -0.05) is 5.57 Å². The van der Waals surface area contributed by atoms with Crippen molar-refractivity contribution in [1.82, 2.24) is 11.5 Å². The average Bonchev–Trinajstić information content (AvgIpc) is 2.00. The summed E-state index contributed by atoms with van der Waals surface area (Å²) in [5.74, 6) is 1.07. The van der Waals surface area contributed by atoms with E-state index in [4.69, 9.17) is 34.3 Å². The van der Waals surface area contributed by atoms with Gasteiger partial charge in [-0.15, -0.1) is 0 Å². The maximum atomic E-state index is 12.8. The molecule has 0 unspecified atom stereocenters. The normalized spacial score (nSPS) is 14.1. The Balaban J connectivity index is 0.000000545. The van der Waals surface area contributed by atoms with E-state index in [1.54, 1.807) is 60.7 Å². The van der Waals surface area contributed by atoms with Crippen LogP contribution in [0.4, 0.5) is 11.6 Å². The molecule has 3 N–H and O–H groups in total. The number of aromatic nitrogens is 4. The SMILES string of the molecule is CC(C)=CC[n+]1cc[nH]c1.O.O=S(=O)([O-])c1cccc2cc3c(cc12)C1=Nc2c4cc5cccc(S(=O)(=O)[O-])c5cc4c4[n]2[Ga][n]2c(c5cc6cccc(S(=O)(=O)[O-])c6cc5c2=NC3=N1)=NC1=NC(=N4)c2cc3cccc(SOO[O-])c3cc21. The van der Waals surface area contributed by atoms with Crippen LogP contribution in [0.3, 0.4) is 0 Å². The minimum atomic E-state index is -5.02. The molecule has 8 aromatic carbocycles. The summed E-state index contributed by atoms with van der Waals surface area (Å²) in [6.07, 6.45) is 8.06. The summed E-state index contributed by atoms with van der Waals surface area (Å²) in [7, 11) is -15.0. The zero-order valence-electron chi connectivity index (χ0n) is 43.2. The van der Waals surface area contributed by atoms with Gasteiger partial charge in [-0.05, 0) is 19.9 Å². The molecule has 417 valence electrons. The van der Waals surface area contributed by atoms with Crippen molar-refractivity contribution in [3.05, 3.63) is 185 Å². The molecule has 7 heterocycles. The van der Waals surface area contributed by atoms with Crippen molar-refractivity contribution in [2.24, 2.45) is 30.0 Å². The van der Waals surface area contributed by atoms with Gasteiger partial charge in [0, 0.05) is 0 Å². The van der Waals surface area contributed by atoms with Crippen molar-refractivity contribution in [3.63, 3.8) is 0 Å². The Bertz CT molecular complexity index is 5450. The number of hydrogen-bond donors (Lipinski definition) is 1. The molecule has 6 bridgehead atoms. The molecule has 0 aliphatic carbocycles. The van der Waals surface area contributed by atoms with Gasteiger partial charge in [0.25, 0.3) is 0 Å². The molecule has 0 fully saturated rings. The summed E-state index contributed by atoms with van der Waals surface area (Å²) in [6, 6.07) is 31.7. The second-order valence-corrected chi connectivity index (χ2v) is 27.2. The second-order valence-electron chi connectivity index (χ2n) is 19.8. The first-order valence-electron chi connectivity index (χ1n) is 24.9. The van der Waals surface area contributed by atoms with Gasteiger partial charge in [0.05, 0.1) is 0 Å². The Kier molecular flexibility index (Phi) is 13.2. The van der Waals surface area contributed by atoms with Crippen LogP contribution in [0, 0.1) is 0 Å². The number of amidine groups is 4. The molecule has 15 rings (SSSR count). The zero-order valence-corrected chi connectivity index (χ0v) is 48.9. The van der Waals surface area contributed by atoms with E-state index >= 15 is 0 Å². The van der Waals surface area contributed by atoms with Crippen molar-refractivity contribution in [2.75, 3.05) is 0 Å². The molecule has 0 atom stereocenters. The van der Waals surface area contributed by atoms with Crippen LogP contribution in [0.2, 0.25) is 0 Å². The van der Waals surface area contributed by atoms with Gasteiger partial charge in [0.1, 0.15) is 18.9 Å². The number of H-pyrrole nitrogens is 1. The van der Waals surface area contributed by atoms with Gasteiger partial charge in [0.15, 0.2) is 0 Å². The number of rotatable bonds is 8. The number of benzene rings is 8. The minimum absolute atomic E-state index is 0. The monoisotopic (exact) mass is 1250 g/mol. The third-order valence-corrected chi connectivity index (χ3v) is 20.9. The molecule has 28 heteroatoms. The maximum absolute atomic E-state index is 12.8. The molecule has 23 nitrogen and oxygen atoms in total. The molecule has 4 aliphatic heterocycles. The van der Waals surface area contributed by atoms with Crippen LogP contribution >= 0.6 is 12.0 Å². The Hall–Kier alpha value is -8.33. The summed E-state index contributed by atoms with van der Waals surface area (Å²) < 4.78 is 126. The first-order valence-corrected chi connectivity index (χ1v) is 32.1. The number of allylic oxidation sites excluding steroid dienone is 2. The molecule has 84 heavy (non-hydrogen) atoms. The van der Waals surface area contributed by atoms with E-state index in [1.165, 1.54) is 48.0 Å². The number of aliphatic imine (C=N–C) groups is 4. The standard InChI is InChI=1S/C48H24N8O12S4.C8H12N2.Ga.H2O/c57-67-68-69-37-9-1-5-21-13-29-33(17-25(21)37)45-49-41(29)51-46-35-19-27-23(7-3-11-39(27)71(61,62)63)15-31(35)43(53-46)55-48-36-20-28-24(8-4-12-40(28)72(64,65)66)16-32(36)44(56-48)54-47-34-18-26-22(14-30(34)42(50-45)52-47)6-2-10-38(26)70(58,59)60;1-8(2)3-5-10-6-4-9-7-10;;/h1-20H,(H4-2,49,50,51,52,53,54,55,56,57,58,59,60,61,62,63,64,65,66);3-4,6-7H,5H2,1-2H3;;1H2/q-2;;+2;/p-3. The van der Waals surface area contributed by atoms with E-state index in [9.17, 15) is 44.2 Å². The third kappa shape index (κ3) is 9.20. The Morgan fingerprint density at radius 3 is 1.51 bits per heavy atom. The average molecular weight is 1250 g/mol. The predicted octanol–water partition coefficient (Wildman–Crippen LogP) is 5.47. The molecule has 1 radical (unpaired) electrons. The summed E-state index contributed by atoms with van der Waals surface area (Å²) in [4.78, 5) is 33.2. The van der Waals surface area contributed by atoms with Crippen LogP contribution in [0.25, 0.3) is 64.6 Å². The fraction of sp³-hybridized carbons (Fsp3) is 0.0536. The topological polar surface area (TPSA) is 348 Å². The van der Waals surface area contributed by atoms with E-state index in [0.29, 0.717) is 93.2 Å². The Labute approximate surface area is 486 Å². The van der Waals surface area contributed by atoms with E-state index in [0.717, 1.165) is 6.54 Å². The number of nitrogens with zero attached hydrogens (tertiary/aromatic N) is 9. The molecule has 0 amide bonds. The number of imidazole rings is 1. The third-order valence-electron chi connectivity index (χ3n) is 14.5. The zero-order chi connectivity index (χ0) is 57.4. The molecule has 0 saturated heterocycles. The summed E-state index contributed by atoms with van der Waals surface area (Å²) in [5.41, 5.74) is 3.64. The van der Waals surface area contributed by atoms with Crippen molar-refractivity contribution >= 4 is 160 Å². The first-order chi connectivity index (χ1) is 39.8. The fourth-order valence-electron chi connectivity index (χ4n) is 10.9. The van der Waals surface area contributed by atoms with Crippen LogP contribution in [0.15, 0.2) is 201 Å². The molecule has 0 saturated carbocycles. The number of fused-ring (bicyclic) bond motifs is 18. The number of nitrogens with one attached hydrogen (secondary N) is 1. The van der Waals surface area contributed by atoms with Gasteiger partial charge in [-0.2, -0.15) is 0 Å². The van der Waals surface area contributed by atoms with Crippen LogP contribution in [-0.2, 0) is 46.3 Å². The van der Waals surface area contributed by atoms with Gasteiger partial charge < -0.3 is 5.48 Å². The van der Waals surface area contributed by atoms with Crippen LogP contribution in [-0.4, -0.2) is 97.2 Å². The van der Waals surface area contributed by atoms with E-state index in [1.807, 2.05) is 43.5 Å². The van der Waals surface area contributed by atoms with Crippen molar-refractivity contribution in [3.8, 4) is 0 Å². The van der Waals surface area contributed by atoms with Gasteiger partial charge in [-0.3, -0.25) is 4.98 Å². The first kappa shape index (κ1) is 54.9. The second kappa shape index (κ2) is 20.2. The van der Waals surface area contributed by atoms with Gasteiger partial charge >= 0.3 is 424 Å². The van der Waals surface area contributed by atoms with E-state index in [-0.39, 0.29) is 62.1 Å². The van der Waals surface area contributed by atoms with Crippen LogP contribution < -0.4 is 20.8 Å². The Morgan fingerprint density at radius 1 is 0.560 bits per heavy atom. The predicted molar refractivity (Wildman–Crippen MR) is 307 cm³/mol. The molecule has 3 aromatic heterocycles. The van der Waals surface area contributed by atoms with E-state index < -0.39 is 62.9 Å². The van der Waals surface area contributed by atoms with Crippen LogP contribution in [0.1, 0.15) is 36.1 Å². The molecular weight excluding hydrogens is 1220 g/mol. The molecule has 4 aliphatic rings. The van der Waals surface area contributed by atoms with Crippen molar-refractivity contribution < 1.29 is 63.6 Å². The number of aromatic amines is 1. The number of hydrogen-bond acceptors (Lipinski definition) is 19. The van der Waals surface area contributed by atoms with Gasteiger partial charge in [-0.25, -0.2) is 4.57 Å². The summed E-state index contributed by atoms with van der Waals surface area (Å²) >= 11 is -1.74. The Morgan fingerprint density at radius 2 is 1.00 bits per heavy atom. The summed E-state index contributed by atoms with van der Waals surface area (Å²) in [5, 5.41) is 19.1. The molecule has 0 spiro atoms. The van der Waals surface area contributed by atoms with Gasteiger partial charge in [0.2, 0.25) is 6.33 Å².